The topological polar surface area (TPSA) is 81.5 Å². The predicted molar refractivity (Wildman–Crippen MR) is 89.4 cm³/mol. The number of hydrogen-bond donors (Lipinski definition) is 1. The van der Waals surface area contributed by atoms with Crippen molar-refractivity contribution in [2.45, 2.75) is 0 Å². The second-order valence-electron chi connectivity index (χ2n) is 4.20. The average molecular weight is 430 g/mol. The Morgan fingerprint density at radius 1 is 1.27 bits per heavy atom. The maximum atomic E-state index is 12.4. The first kappa shape index (κ1) is 16.4. The van der Waals surface area contributed by atoms with Crippen LogP contribution in [0.2, 0.25) is 0 Å². The lowest BCUT2D eigenvalue weighted by molar-refractivity contribution is -0.383. The zero-order chi connectivity index (χ0) is 16.3. The number of carbonyl (C=O) groups is 1. The third-order valence-electron chi connectivity index (χ3n) is 2.81. The SMILES string of the molecule is COc1c(Br)cc(Br)cc1C(=O)Nc1ccccc1[N+](=O)[O-]. The lowest BCUT2D eigenvalue weighted by Crippen LogP contribution is -2.14. The highest BCUT2D eigenvalue weighted by Gasteiger charge is 2.20. The molecule has 0 spiro atoms. The molecule has 2 rings (SSSR count). The zero-order valence-corrected chi connectivity index (χ0v) is 14.5. The first-order valence-electron chi connectivity index (χ1n) is 6.02. The molecule has 0 unspecified atom stereocenters. The fraction of sp³-hybridized carbons (Fsp3) is 0.0714. The highest BCUT2D eigenvalue weighted by molar-refractivity contribution is 9.11. The number of nitro benzene ring substituents is 1. The van der Waals surface area contributed by atoms with Crippen LogP contribution < -0.4 is 10.1 Å². The first-order chi connectivity index (χ1) is 10.4. The second-order valence-corrected chi connectivity index (χ2v) is 5.97. The van der Waals surface area contributed by atoms with Gasteiger partial charge in [0, 0.05) is 10.5 Å². The molecule has 0 atom stereocenters. The number of amides is 1. The summed E-state index contributed by atoms with van der Waals surface area (Å²) in [5.41, 5.74) is 0.196. The molecule has 0 bridgehead atoms. The number of carbonyl (C=O) groups excluding carboxylic acids is 1. The Balaban J connectivity index is 2.41. The normalized spacial score (nSPS) is 10.1. The third-order valence-corrected chi connectivity index (χ3v) is 3.85. The molecule has 1 amide bonds. The molecule has 8 heteroatoms. The molecule has 2 aromatic rings. The van der Waals surface area contributed by atoms with Crippen molar-refractivity contribution in [3.63, 3.8) is 0 Å². The molecule has 0 heterocycles. The first-order valence-corrected chi connectivity index (χ1v) is 7.60. The fourth-order valence-electron chi connectivity index (χ4n) is 1.86. The Kier molecular flexibility index (Phi) is 5.15. The summed E-state index contributed by atoms with van der Waals surface area (Å²) in [5, 5.41) is 13.5. The van der Waals surface area contributed by atoms with Crippen molar-refractivity contribution < 1.29 is 14.5 Å². The van der Waals surface area contributed by atoms with Crippen LogP contribution in [0.25, 0.3) is 0 Å². The van der Waals surface area contributed by atoms with Crippen LogP contribution in [-0.2, 0) is 0 Å². The van der Waals surface area contributed by atoms with Crippen molar-refractivity contribution in [3.05, 3.63) is 61.0 Å². The van der Waals surface area contributed by atoms with E-state index in [0.29, 0.717) is 14.7 Å². The molecule has 0 radical (unpaired) electrons. The summed E-state index contributed by atoms with van der Waals surface area (Å²) in [6.45, 7) is 0. The molecule has 1 N–H and O–H groups in total. The second kappa shape index (κ2) is 6.89. The smallest absolute Gasteiger partial charge is 0.292 e. The van der Waals surface area contributed by atoms with Crippen molar-refractivity contribution >= 4 is 49.1 Å². The van der Waals surface area contributed by atoms with E-state index in [1.165, 1.54) is 25.3 Å². The van der Waals surface area contributed by atoms with Gasteiger partial charge in [0.1, 0.15) is 11.4 Å². The highest BCUT2D eigenvalue weighted by Crippen LogP contribution is 2.33. The molecular weight excluding hydrogens is 420 g/mol. The Hall–Kier alpha value is -1.93. The van der Waals surface area contributed by atoms with Gasteiger partial charge in [-0.05, 0) is 34.1 Å². The monoisotopic (exact) mass is 428 g/mol. The number of benzene rings is 2. The standard InChI is InChI=1S/C14H10Br2N2O4/c1-22-13-9(6-8(15)7-10(13)16)14(19)17-11-4-2-3-5-12(11)18(20)21/h2-7H,1H3,(H,17,19). The number of halogens is 2. The number of rotatable bonds is 4. The van der Waals surface area contributed by atoms with Crippen LogP contribution in [0, 0.1) is 10.1 Å². The van der Waals surface area contributed by atoms with Crippen LogP contribution in [0.4, 0.5) is 11.4 Å². The summed E-state index contributed by atoms with van der Waals surface area (Å²) in [5.74, 6) is -0.160. The van der Waals surface area contributed by atoms with Gasteiger partial charge in [-0.15, -0.1) is 0 Å². The molecule has 22 heavy (non-hydrogen) atoms. The van der Waals surface area contributed by atoms with Gasteiger partial charge in [0.15, 0.2) is 0 Å². The summed E-state index contributed by atoms with van der Waals surface area (Å²) in [6, 6.07) is 9.24. The van der Waals surface area contributed by atoms with Crippen LogP contribution in [0.15, 0.2) is 45.3 Å². The van der Waals surface area contributed by atoms with Crippen molar-refractivity contribution in [2.75, 3.05) is 12.4 Å². The van der Waals surface area contributed by atoms with Crippen LogP contribution in [0.1, 0.15) is 10.4 Å². The number of nitrogens with zero attached hydrogens (tertiary/aromatic N) is 1. The lowest BCUT2D eigenvalue weighted by Gasteiger charge is -2.11. The van der Waals surface area contributed by atoms with Crippen LogP contribution >= 0.6 is 31.9 Å². The van der Waals surface area contributed by atoms with Crippen LogP contribution in [0.5, 0.6) is 5.75 Å². The number of ether oxygens (including phenoxy) is 1. The van der Waals surface area contributed by atoms with E-state index < -0.39 is 10.8 Å². The predicted octanol–water partition coefficient (Wildman–Crippen LogP) is 4.38. The number of hydrogen-bond acceptors (Lipinski definition) is 4. The van der Waals surface area contributed by atoms with E-state index in [0.717, 1.165) is 0 Å². The van der Waals surface area contributed by atoms with Crippen molar-refractivity contribution in [3.8, 4) is 5.75 Å². The Bertz CT molecular complexity index is 750. The van der Waals surface area contributed by atoms with Gasteiger partial charge in [0.2, 0.25) is 0 Å². The summed E-state index contributed by atoms with van der Waals surface area (Å²) >= 11 is 6.60. The van der Waals surface area contributed by atoms with Crippen molar-refractivity contribution in [1.29, 1.82) is 0 Å². The van der Waals surface area contributed by atoms with Crippen LogP contribution in [0.3, 0.4) is 0 Å². The van der Waals surface area contributed by atoms with Crippen LogP contribution in [-0.4, -0.2) is 17.9 Å². The largest absolute Gasteiger partial charge is 0.495 e. The fourth-order valence-corrected chi connectivity index (χ4v) is 3.25. The van der Waals surface area contributed by atoms with E-state index in [1.807, 2.05) is 0 Å². The van der Waals surface area contributed by atoms with Crippen molar-refractivity contribution in [2.24, 2.45) is 0 Å². The average Bonchev–Trinajstić information content (AvgIpc) is 2.46. The van der Waals surface area contributed by atoms with Crippen molar-refractivity contribution in [1.82, 2.24) is 0 Å². The number of anilines is 1. The van der Waals surface area contributed by atoms with Gasteiger partial charge in [0.05, 0.1) is 22.1 Å². The van der Waals surface area contributed by atoms with Gasteiger partial charge in [-0.3, -0.25) is 14.9 Å². The van der Waals surface area contributed by atoms with Gasteiger partial charge >= 0.3 is 0 Å². The summed E-state index contributed by atoms with van der Waals surface area (Å²) in [4.78, 5) is 22.9. The third kappa shape index (κ3) is 3.45. The van der Waals surface area contributed by atoms with E-state index in [1.54, 1.807) is 18.2 Å². The minimum absolute atomic E-state index is 0.121. The molecule has 0 saturated carbocycles. The summed E-state index contributed by atoms with van der Waals surface area (Å²) in [6.07, 6.45) is 0. The molecule has 0 fully saturated rings. The van der Waals surface area contributed by atoms with E-state index in [9.17, 15) is 14.9 Å². The number of methoxy groups -OCH3 is 1. The number of nitro groups is 1. The van der Waals surface area contributed by atoms with Gasteiger partial charge in [0.25, 0.3) is 11.6 Å². The lowest BCUT2D eigenvalue weighted by atomic mass is 10.1. The highest BCUT2D eigenvalue weighted by atomic mass is 79.9. The van der Waals surface area contributed by atoms with E-state index >= 15 is 0 Å². The molecule has 0 aliphatic heterocycles. The van der Waals surface area contributed by atoms with Gasteiger partial charge < -0.3 is 10.1 Å². The Morgan fingerprint density at radius 2 is 1.95 bits per heavy atom. The van der Waals surface area contributed by atoms with Gasteiger partial charge in [-0.1, -0.05) is 28.1 Å². The molecule has 0 saturated heterocycles. The van der Waals surface area contributed by atoms with E-state index in [-0.39, 0.29) is 16.9 Å². The molecule has 0 aliphatic rings. The van der Waals surface area contributed by atoms with E-state index in [4.69, 9.17) is 4.74 Å². The molecule has 114 valence electrons. The zero-order valence-electron chi connectivity index (χ0n) is 11.3. The van der Waals surface area contributed by atoms with E-state index in [2.05, 4.69) is 37.2 Å². The molecule has 2 aromatic carbocycles. The maximum absolute atomic E-state index is 12.4. The quantitative estimate of drug-likeness (QED) is 0.577. The summed E-state index contributed by atoms with van der Waals surface area (Å²) in [7, 11) is 1.44. The molecular formula is C14H10Br2N2O4. The molecule has 0 aliphatic carbocycles. The minimum Gasteiger partial charge on any atom is -0.495 e. The number of nitrogens with one attached hydrogen (secondary N) is 1. The summed E-state index contributed by atoms with van der Waals surface area (Å²) < 4.78 is 6.47. The minimum atomic E-state index is -0.552. The number of para-hydroxylation sites is 2. The maximum Gasteiger partial charge on any atom is 0.292 e. The van der Waals surface area contributed by atoms with Gasteiger partial charge in [-0.2, -0.15) is 0 Å². The Morgan fingerprint density at radius 3 is 2.59 bits per heavy atom. The van der Waals surface area contributed by atoms with Gasteiger partial charge in [-0.25, -0.2) is 0 Å². The molecule has 6 nitrogen and oxygen atoms in total. The Labute approximate surface area is 142 Å². The molecule has 0 aromatic heterocycles.